The lowest BCUT2D eigenvalue weighted by atomic mass is 10.1. The fourth-order valence-electron chi connectivity index (χ4n) is 2.10. The van der Waals surface area contributed by atoms with E-state index in [2.05, 4.69) is 17.6 Å². The first kappa shape index (κ1) is 10.7. The molecular formula is C11H21N3O. The zero-order chi connectivity index (χ0) is 10.7. The monoisotopic (exact) mass is 211 g/mol. The second-order valence-electron chi connectivity index (χ2n) is 4.74. The maximum absolute atomic E-state index is 11.2. The van der Waals surface area contributed by atoms with Gasteiger partial charge in [-0.1, -0.05) is 6.92 Å². The number of urea groups is 1. The molecule has 1 saturated carbocycles. The maximum atomic E-state index is 11.2. The Bertz CT molecular complexity index is 228. The summed E-state index contributed by atoms with van der Waals surface area (Å²) >= 11 is 0. The SMILES string of the molecule is CC(CNCCN1CCNC1=O)C1CC1. The summed E-state index contributed by atoms with van der Waals surface area (Å²) in [7, 11) is 0. The van der Waals surface area contributed by atoms with Crippen molar-refractivity contribution in [3.05, 3.63) is 0 Å². The third-order valence-electron chi connectivity index (χ3n) is 3.40. The summed E-state index contributed by atoms with van der Waals surface area (Å²) in [6, 6.07) is 0.0899. The van der Waals surface area contributed by atoms with Gasteiger partial charge in [0.2, 0.25) is 0 Å². The molecular weight excluding hydrogens is 190 g/mol. The predicted octanol–water partition coefficient (Wildman–Crippen LogP) is 0.647. The molecule has 0 spiro atoms. The van der Waals surface area contributed by atoms with Crippen LogP contribution in [-0.4, -0.2) is 43.7 Å². The molecule has 4 heteroatoms. The van der Waals surface area contributed by atoms with Crippen LogP contribution in [0.2, 0.25) is 0 Å². The van der Waals surface area contributed by atoms with Gasteiger partial charge in [-0.05, 0) is 31.2 Å². The Morgan fingerprint density at radius 1 is 1.60 bits per heavy atom. The number of nitrogens with one attached hydrogen (secondary N) is 2. The van der Waals surface area contributed by atoms with Gasteiger partial charge < -0.3 is 15.5 Å². The quantitative estimate of drug-likeness (QED) is 0.634. The fraction of sp³-hybridized carbons (Fsp3) is 0.909. The number of amides is 2. The first-order valence-electron chi connectivity index (χ1n) is 6.01. The topological polar surface area (TPSA) is 44.4 Å². The standard InChI is InChI=1S/C11H21N3O/c1-9(10-2-3-10)8-12-4-6-14-7-5-13-11(14)15/h9-10,12H,2-8H2,1H3,(H,13,15). The Morgan fingerprint density at radius 2 is 2.40 bits per heavy atom. The smallest absolute Gasteiger partial charge is 0.317 e. The van der Waals surface area contributed by atoms with E-state index in [4.69, 9.17) is 0 Å². The third-order valence-corrected chi connectivity index (χ3v) is 3.40. The lowest BCUT2D eigenvalue weighted by molar-refractivity contribution is 0.217. The van der Waals surface area contributed by atoms with Gasteiger partial charge in [0.1, 0.15) is 0 Å². The molecule has 15 heavy (non-hydrogen) atoms. The molecule has 0 radical (unpaired) electrons. The van der Waals surface area contributed by atoms with Gasteiger partial charge in [0, 0.05) is 26.2 Å². The van der Waals surface area contributed by atoms with E-state index >= 15 is 0 Å². The van der Waals surface area contributed by atoms with Crippen LogP contribution in [0, 0.1) is 11.8 Å². The van der Waals surface area contributed by atoms with Crippen LogP contribution in [0.15, 0.2) is 0 Å². The Balaban J connectivity index is 1.52. The van der Waals surface area contributed by atoms with Gasteiger partial charge in [0.05, 0.1) is 0 Å². The first-order chi connectivity index (χ1) is 7.27. The summed E-state index contributed by atoms with van der Waals surface area (Å²) in [4.78, 5) is 13.1. The highest BCUT2D eigenvalue weighted by Gasteiger charge is 2.27. The Morgan fingerprint density at radius 3 is 3.00 bits per heavy atom. The normalized spacial score (nSPS) is 23.0. The molecule has 2 N–H and O–H groups in total. The van der Waals surface area contributed by atoms with Crippen molar-refractivity contribution in [2.45, 2.75) is 19.8 Å². The van der Waals surface area contributed by atoms with Gasteiger partial charge in [-0.25, -0.2) is 4.79 Å². The van der Waals surface area contributed by atoms with E-state index in [9.17, 15) is 4.79 Å². The number of carbonyl (C=O) groups excluding carboxylic acids is 1. The first-order valence-corrected chi connectivity index (χ1v) is 6.01. The van der Waals surface area contributed by atoms with E-state index in [-0.39, 0.29) is 6.03 Å². The van der Waals surface area contributed by atoms with Crippen molar-refractivity contribution in [1.82, 2.24) is 15.5 Å². The van der Waals surface area contributed by atoms with E-state index in [1.54, 1.807) is 0 Å². The average Bonchev–Trinajstić information content (AvgIpc) is 2.99. The average molecular weight is 211 g/mol. The van der Waals surface area contributed by atoms with Crippen LogP contribution in [0.25, 0.3) is 0 Å². The molecule has 2 fully saturated rings. The minimum Gasteiger partial charge on any atom is -0.336 e. The molecule has 2 rings (SSSR count). The summed E-state index contributed by atoms with van der Waals surface area (Å²) in [5.41, 5.74) is 0. The summed E-state index contributed by atoms with van der Waals surface area (Å²) in [5.74, 6) is 1.77. The molecule has 0 bridgehead atoms. The molecule has 1 aliphatic heterocycles. The minimum atomic E-state index is 0.0899. The molecule has 1 unspecified atom stereocenters. The van der Waals surface area contributed by atoms with Crippen LogP contribution in [0.1, 0.15) is 19.8 Å². The zero-order valence-electron chi connectivity index (χ0n) is 9.46. The number of rotatable bonds is 6. The van der Waals surface area contributed by atoms with E-state index < -0.39 is 0 Å². The van der Waals surface area contributed by atoms with Crippen LogP contribution in [0.5, 0.6) is 0 Å². The lowest BCUT2D eigenvalue weighted by Crippen LogP contribution is -2.36. The second kappa shape index (κ2) is 4.84. The maximum Gasteiger partial charge on any atom is 0.317 e. The van der Waals surface area contributed by atoms with Crippen LogP contribution < -0.4 is 10.6 Å². The van der Waals surface area contributed by atoms with Gasteiger partial charge >= 0.3 is 6.03 Å². The Labute approximate surface area is 91.4 Å². The van der Waals surface area contributed by atoms with Gasteiger partial charge in [-0.15, -0.1) is 0 Å². The highest BCUT2D eigenvalue weighted by atomic mass is 16.2. The van der Waals surface area contributed by atoms with E-state index in [1.807, 2.05) is 4.90 Å². The molecule has 1 saturated heterocycles. The van der Waals surface area contributed by atoms with Gasteiger partial charge in [-0.2, -0.15) is 0 Å². The molecule has 4 nitrogen and oxygen atoms in total. The number of hydrogen-bond donors (Lipinski definition) is 2. The van der Waals surface area contributed by atoms with Crippen molar-refractivity contribution in [3.8, 4) is 0 Å². The van der Waals surface area contributed by atoms with Crippen LogP contribution >= 0.6 is 0 Å². The number of carbonyl (C=O) groups is 1. The van der Waals surface area contributed by atoms with Crippen LogP contribution in [0.3, 0.4) is 0 Å². The van der Waals surface area contributed by atoms with Crippen LogP contribution in [-0.2, 0) is 0 Å². The Hall–Kier alpha value is -0.770. The minimum absolute atomic E-state index is 0.0899. The molecule has 0 aromatic rings. The Kier molecular flexibility index (Phi) is 3.46. The molecule has 2 amide bonds. The summed E-state index contributed by atoms with van der Waals surface area (Å²) < 4.78 is 0. The predicted molar refractivity (Wildman–Crippen MR) is 59.7 cm³/mol. The molecule has 0 aromatic heterocycles. The number of hydrogen-bond acceptors (Lipinski definition) is 2. The molecule has 1 heterocycles. The molecule has 2 aliphatic rings. The second-order valence-corrected chi connectivity index (χ2v) is 4.74. The van der Waals surface area contributed by atoms with Crippen molar-refractivity contribution < 1.29 is 4.79 Å². The summed E-state index contributed by atoms with van der Waals surface area (Å²) in [5, 5.41) is 6.24. The third kappa shape index (κ3) is 3.09. The number of nitrogens with zero attached hydrogens (tertiary/aromatic N) is 1. The zero-order valence-corrected chi connectivity index (χ0v) is 9.46. The van der Waals surface area contributed by atoms with Crippen molar-refractivity contribution in [1.29, 1.82) is 0 Å². The van der Waals surface area contributed by atoms with Crippen molar-refractivity contribution in [3.63, 3.8) is 0 Å². The van der Waals surface area contributed by atoms with Crippen molar-refractivity contribution in [2.24, 2.45) is 11.8 Å². The van der Waals surface area contributed by atoms with Gasteiger partial charge in [0.15, 0.2) is 0 Å². The van der Waals surface area contributed by atoms with E-state index in [0.29, 0.717) is 0 Å². The van der Waals surface area contributed by atoms with Gasteiger partial charge in [0.25, 0.3) is 0 Å². The van der Waals surface area contributed by atoms with Crippen LogP contribution in [0.4, 0.5) is 4.79 Å². The summed E-state index contributed by atoms with van der Waals surface area (Å²) in [6.07, 6.45) is 2.83. The molecule has 86 valence electrons. The lowest BCUT2D eigenvalue weighted by Gasteiger charge is -2.16. The van der Waals surface area contributed by atoms with Crippen molar-refractivity contribution in [2.75, 3.05) is 32.7 Å². The summed E-state index contributed by atoms with van der Waals surface area (Å²) in [6.45, 7) is 6.83. The van der Waals surface area contributed by atoms with E-state index in [0.717, 1.165) is 44.6 Å². The largest absolute Gasteiger partial charge is 0.336 e. The molecule has 1 aliphatic carbocycles. The molecule has 0 aromatic carbocycles. The van der Waals surface area contributed by atoms with Crippen molar-refractivity contribution >= 4 is 6.03 Å². The highest BCUT2D eigenvalue weighted by molar-refractivity contribution is 5.76. The molecule has 1 atom stereocenters. The highest BCUT2D eigenvalue weighted by Crippen LogP contribution is 2.35. The fourth-order valence-corrected chi connectivity index (χ4v) is 2.10. The van der Waals surface area contributed by atoms with E-state index in [1.165, 1.54) is 12.8 Å². The van der Waals surface area contributed by atoms with Gasteiger partial charge in [-0.3, -0.25) is 0 Å².